The topological polar surface area (TPSA) is 32.3 Å². The van der Waals surface area contributed by atoms with E-state index in [1.54, 1.807) is 12.1 Å². The fourth-order valence-corrected chi connectivity index (χ4v) is 2.24. The highest BCUT2D eigenvalue weighted by molar-refractivity contribution is 9.10. The first-order valence-electron chi connectivity index (χ1n) is 4.10. The lowest BCUT2D eigenvalue weighted by Gasteiger charge is -2.28. The summed E-state index contributed by atoms with van der Waals surface area (Å²) in [5.74, 6) is 0.293. The van der Waals surface area contributed by atoms with E-state index >= 15 is 0 Å². The van der Waals surface area contributed by atoms with Crippen molar-refractivity contribution in [2.24, 2.45) is 0 Å². The highest BCUT2D eigenvalue weighted by atomic mass is 79.9. The maximum absolute atomic E-state index is 9.71. The maximum Gasteiger partial charge on any atom is 0.134 e. The van der Waals surface area contributed by atoms with Crippen molar-refractivity contribution in [2.75, 3.05) is 6.54 Å². The Morgan fingerprint density at radius 3 is 2.77 bits per heavy atom. The molecule has 1 aromatic carbocycles. The molecule has 1 aromatic rings. The minimum absolute atomic E-state index is 0.259. The number of phenolic OH excluding ortho intramolecular Hbond substituents is 1. The summed E-state index contributed by atoms with van der Waals surface area (Å²) in [5.41, 5.74) is 0.880. The average molecular weight is 263 g/mol. The molecular weight excluding hydrogens is 253 g/mol. The van der Waals surface area contributed by atoms with Gasteiger partial charge < -0.3 is 10.4 Å². The van der Waals surface area contributed by atoms with Crippen molar-refractivity contribution in [1.82, 2.24) is 5.32 Å². The number of benzene rings is 1. The number of aromatic hydroxyl groups is 1. The summed E-state index contributed by atoms with van der Waals surface area (Å²) < 4.78 is 0.656. The first-order valence-corrected chi connectivity index (χ1v) is 5.27. The molecule has 2 N–H and O–H groups in total. The van der Waals surface area contributed by atoms with Gasteiger partial charge in [0.2, 0.25) is 0 Å². The minimum atomic E-state index is 0.259. The van der Waals surface area contributed by atoms with E-state index in [-0.39, 0.29) is 6.04 Å². The van der Waals surface area contributed by atoms with Gasteiger partial charge >= 0.3 is 0 Å². The predicted octanol–water partition coefficient (Wildman–Crippen LogP) is 2.84. The first kappa shape index (κ1) is 9.31. The third-order valence-corrected chi connectivity index (χ3v) is 3.08. The van der Waals surface area contributed by atoms with Crippen LogP contribution in [0.4, 0.5) is 0 Å². The average Bonchev–Trinajstić information content (AvgIpc) is 1.95. The van der Waals surface area contributed by atoms with Gasteiger partial charge in [-0.15, -0.1) is 0 Å². The summed E-state index contributed by atoms with van der Waals surface area (Å²) in [4.78, 5) is 0. The van der Waals surface area contributed by atoms with Crippen LogP contribution in [0.15, 0.2) is 16.6 Å². The smallest absolute Gasteiger partial charge is 0.134 e. The van der Waals surface area contributed by atoms with Crippen molar-refractivity contribution in [3.63, 3.8) is 0 Å². The van der Waals surface area contributed by atoms with Crippen LogP contribution in [0, 0.1) is 0 Å². The van der Waals surface area contributed by atoms with Crippen LogP contribution in [0.3, 0.4) is 0 Å². The van der Waals surface area contributed by atoms with E-state index in [4.69, 9.17) is 11.6 Å². The maximum atomic E-state index is 9.71. The lowest BCUT2D eigenvalue weighted by molar-refractivity contribution is 0.364. The third-order valence-electron chi connectivity index (χ3n) is 2.26. The fourth-order valence-electron chi connectivity index (χ4n) is 1.41. The zero-order valence-corrected chi connectivity index (χ0v) is 9.19. The number of rotatable bonds is 1. The highest BCUT2D eigenvalue weighted by Gasteiger charge is 2.22. The Labute approximate surface area is 90.0 Å². The Morgan fingerprint density at radius 1 is 1.54 bits per heavy atom. The molecule has 0 aromatic heterocycles. The Balaban J connectivity index is 2.42. The molecule has 0 spiro atoms. The Morgan fingerprint density at radius 2 is 2.23 bits per heavy atom. The quantitative estimate of drug-likeness (QED) is 0.816. The van der Waals surface area contributed by atoms with E-state index in [0.29, 0.717) is 15.2 Å². The number of halogens is 2. The second kappa shape index (κ2) is 3.48. The summed E-state index contributed by atoms with van der Waals surface area (Å²) in [7, 11) is 0. The van der Waals surface area contributed by atoms with Crippen LogP contribution in [-0.4, -0.2) is 11.7 Å². The van der Waals surface area contributed by atoms with Gasteiger partial charge in [0.25, 0.3) is 0 Å². The van der Waals surface area contributed by atoms with Gasteiger partial charge in [0, 0.05) is 16.6 Å². The highest BCUT2D eigenvalue weighted by Crippen LogP contribution is 2.37. The Hall–Kier alpha value is -0.250. The van der Waals surface area contributed by atoms with Crippen molar-refractivity contribution in [2.45, 2.75) is 12.5 Å². The third kappa shape index (κ3) is 1.68. The SMILES string of the molecule is Oc1c(Br)cc(Cl)cc1[C@@H]1CCN1. The van der Waals surface area contributed by atoms with E-state index < -0.39 is 0 Å². The van der Waals surface area contributed by atoms with Gasteiger partial charge in [-0.2, -0.15) is 0 Å². The predicted molar refractivity (Wildman–Crippen MR) is 56.2 cm³/mol. The molecule has 2 nitrogen and oxygen atoms in total. The molecule has 1 aliphatic heterocycles. The molecule has 0 aliphatic carbocycles. The molecule has 1 aliphatic rings. The van der Waals surface area contributed by atoms with Crippen LogP contribution in [0.25, 0.3) is 0 Å². The van der Waals surface area contributed by atoms with Crippen LogP contribution in [-0.2, 0) is 0 Å². The molecule has 2 rings (SSSR count). The normalized spacial score (nSPS) is 21.2. The van der Waals surface area contributed by atoms with Crippen LogP contribution >= 0.6 is 27.5 Å². The van der Waals surface area contributed by atoms with Crippen LogP contribution in [0.5, 0.6) is 5.75 Å². The van der Waals surface area contributed by atoms with E-state index in [2.05, 4.69) is 21.2 Å². The molecule has 0 bridgehead atoms. The monoisotopic (exact) mass is 261 g/mol. The van der Waals surface area contributed by atoms with Gasteiger partial charge in [-0.3, -0.25) is 0 Å². The fraction of sp³-hybridized carbons (Fsp3) is 0.333. The van der Waals surface area contributed by atoms with Gasteiger partial charge in [-0.25, -0.2) is 0 Å². The van der Waals surface area contributed by atoms with E-state index in [1.807, 2.05) is 0 Å². The lowest BCUT2D eigenvalue weighted by Crippen LogP contribution is -2.34. The number of nitrogens with one attached hydrogen (secondary N) is 1. The largest absolute Gasteiger partial charge is 0.506 e. The van der Waals surface area contributed by atoms with Crippen molar-refractivity contribution in [1.29, 1.82) is 0 Å². The second-order valence-electron chi connectivity index (χ2n) is 3.12. The molecule has 0 radical (unpaired) electrons. The van der Waals surface area contributed by atoms with Crippen molar-refractivity contribution >= 4 is 27.5 Å². The molecule has 1 atom stereocenters. The summed E-state index contributed by atoms with van der Waals surface area (Å²) in [6.45, 7) is 1.01. The summed E-state index contributed by atoms with van der Waals surface area (Å²) in [6, 6.07) is 3.76. The molecule has 1 fully saturated rings. The standard InChI is InChI=1S/C9H9BrClNO/c10-7-4-5(11)3-6(9(7)13)8-1-2-12-8/h3-4,8,12-13H,1-2H2/t8-/m0/s1. The Kier molecular flexibility index (Phi) is 2.49. The van der Waals surface area contributed by atoms with Crippen LogP contribution in [0.1, 0.15) is 18.0 Å². The summed E-state index contributed by atoms with van der Waals surface area (Å²) in [6.07, 6.45) is 1.06. The van der Waals surface area contributed by atoms with Crippen LogP contribution in [0.2, 0.25) is 5.02 Å². The molecule has 1 heterocycles. The molecule has 0 saturated carbocycles. The molecule has 4 heteroatoms. The van der Waals surface area contributed by atoms with Crippen LogP contribution < -0.4 is 5.32 Å². The summed E-state index contributed by atoms with van der Waals surface area (Å²) in [5, 5.41) is 13.6. The molecule has 1 saturated heterocycles. The van der Waals surface area contributed by atoms with Gasteiger partial charge in [0.15, 0.2) is 0 Å². The first-order chi connectivity index (χ1) is 6.18. The lowest BCUT2D eigenvalue weighted by atomic mass is 9.97. The second-order valence-corrected chi connectivity index (χ2v) is 4.41. The van der Waals surface area contributed by atoms with Gasteiger partial charge in [0.1, 0.15) is 5.75 Å². The number of phenols is 1. The summed E-state index contributed by atoms with van der Waals surface area (Å²) >= 11 is 9.13. The van der Waals surface area contributed by atoms with E-state index in [9.17, 15) is 5.11 Å². The zero-order chi connectivity index (χ0) is 9.42. The van der Waals surface area contributed by atoms with Crippen molar-refractivity contribution in [3.05, 3.63) is 27.2 Å². The van der Waals surface area contributed by atoms with Gasteiger partial charge in [-0.1, -0.05) is 11.6 Å². The molecule has 0 amide bonds. The van der Waals surface area contributed by atoms with Crippen molar-refractivity contribution in [3.8, 4) is 5.75 Å². The van der Waals surface area contributed by atoms with E-state index in [0.717, 1.165) is 18.5 Å². The van der Waals surface area contributed by atoms with Gasteiger partial charge in [0.05, 0.1) is 4.47 Å². The molecule has 0 unspecified atom stereocenters. The number of hydrogen-bond donors (Lipinski definition) is 2. The minimum Gasteiger partial charge on any atom is -0.506 e. The molecular formula is C9H9BrClNO. The Bertz CT molecular complexity index is 339. The molecule has 13 heavy (non-hydrogen) atoms. The molecule has 70 valence electrons. The van der Waals surface area contributed by atoms with Gasteiger partial charge in [-0.05, 0) is 41.0 Å². The van der Waals surface area contributed by atoms with Crippen molar-refractivity contribution < 1.29 is 5.11 Å². The zero-order valence-electron chi connectivity index (χ0n) is 6.85. The number of hydrogen-bond acceptors (Lipinski definition) is 2. The van der Waals surface area contributed by atoms with E-state index in [1.165, 1.54) is 0 Å².